The largest absolute Gasteiger partial charge is 0.466 e. The number of ether oxygens (including phenoxy) is 1. The van der Waals surface area contributed by atoms with Crippen LogP contribution in [0.2, 0.25) is 0 Å². The van der Waals surface area contributed by atoms with Gasteiger partial charge in [-0.15, -0.1) is 0 Å². The second-order valence-electron chi connectivity index (χ2n) is 7.38. The fourth-order valence-corrected chi connectivity index (χ4v) is 3.23. The molecule has 2 rings (SSSR count). The van der Waals surface area contributed by atoms with Gasteiger partial charge >= 0.3 is 5.97 Å². The van der Waals surface area contributed by atoms with Crippen LogP contribution < -0.4 is 5.32 Å². The van der Waals surface area contributed by atoms with Crippen molar-refractivity contribution in [1.29, 1.82) is 0 Å². The highest BCUT2D eigenvalue weighted by Gasteiger charge is 2.30. The molecule has 0 bridgehead atoms. The molecule has 1 aromatic rings. The van der Waals surface area contributed by atoms with Crippen molar-refractivity contribution in [2.24, 2.45) is 5.92 Å². The smallest absolute Gasteiger partial charge is 0.309 e. The van der Waals surface area contributed by atoms with E-state index in [-0.39, 0.29) is 29.7 Å². The molecule has 0 spiro atoms. The summed E-state index contributed by atoms with van der Waals surface area (Å²) < 4.78 is 5.07. The molecule has 1 aliphatic heterocycles. The third-order valence-electron chi connectivity index (χ3n) is 4.99. The zero-order valence-corrected chi connectivity index (χ0v) is 17.2. The number of benzene rings is 1. The number of hydrogen-bond donors (Lipinski definition) is 1. The second kappa shape index (κ2) is 10.1. The van der Waals surface area contributed by atoms with Crippen molar-refractivity contribution in [2.45, 2.75) is 39.2 Å². The van der Waals surface area contributed by atoms with E-state index in [0.717, 1.165) is 11.3 Å². The van der Waals surface area contributed by atoms with Crippen LogP contribution in [0, 0.1) is 5.92 Å². The van der Waals surface area contributed by atoms with Crippen molar-refractivity contribution in [3.05, 3.63) is 29.8 Å². The molecular weight excluding hydrogens is 358 g/mol. The van der Waals surface area contributed by atoms with Crippen LogP contribution in [0.1, 0.15) is 32.3 Å². The summed E-state index contributed by atoms with van der Waals surface area (Å²) in [7, 11) is 3.47. The molecule has 7 heteroatoms. The van der Waals surface area contributed by atoms with Crippen molar-refractivity contribution in [3.8, 4) is 0 Å². The average molecular weight is 389 g/mol. The third kappa shape index (κ3) is 5.97. The molecule has 1 aliphatic rings. The minimum atomic E-state index is -0.367. The fraction of sp³-hybridized carbons (Fsp3) is 0.571. The first-order chi connectivity index (χ1) is 13.3. The number of carbonyl (C=O) groups excluding carboxylic acids is 3. The normalized spacial score (nSPS) is 15.6. The SMILES string of the molecule is CCOC(=O)C1CCN(C(=O)C(C)Nc2ccc(CC(=O)N(C)C)cc2)CC1. The molecular formula is C21H31N3O4. The molecule has 1 N–H and O–H groups in total. The molecule has 1 heterocycles. The van der Waals surface area contributed by atoms with Crippen molar-refractivity contribution in [2.75, 3.05) is 39.1 Å². The number of likely N-dealkylation sites (N-methyl/N-ethyl adjacent to an activating group) is 1. The van der Waals surface area contributed by atoms with Gasteiger partial charge in [0.1, 0.15) is 6.04 Å². The van der Waals surface area contributed by atoms with Crippen LogP contribution in [-0.2, 0) is 25.5 Å². The number of esters is 1. The zero-order valence-electron chi connectivity index (χ0n) is 17.2. The minimum Gasteiger partial charge on any atom is -0.466 e. The lowest BCUT2D eigenvalue weighted by atomic mass is 9.96. The Labute approximate surface area is 167 Å². The first-order valence-corrected chi connectivity index (χ1v) is 9.82. The zero-order chi connectivity index (χ0) is 20.7. The Morgan fingerprint density at radius 3 is 2.32 bits per heavy atom. The van der Waals surface area contributed by atoms with E-state index in [1.807, 2.05) is 31.2 Å². The Morgan fingerprint density at radius 1 is 1.18 bits per heavy atom. The predicted octanol–water partition coefficient (Wildman–Crippen LogP) is 1.92. The molecule has 1 unspecified atom stereocenters. The Morgan fingerprint density at radius 2 is 1.79 bits per heavy atom. The molecule has 1 aromatic carbocycles. The van der Waals surface area contributed by atoms with Gasteiger partial charge in [0, 0.05) is 32.9 Å². The Bertz CT molecular complexity index is 679. The Balaban J connectivity index is 1.84. The summed E-state index contributed by atoms with van der Waals surface area (Å²) in [4.78, 5) is 39.7. The number of likely N-dealkylation sites (tertiary alicyclic amines) is 1. The van der Waals surface area contributed by atoms with Crippen molar-refractivity contribution in [3.63, 3.8) is 0 Å². The number of carbonyl (C=O) groups is 3. The Hall–Kier alpha value is -2.57. The molecule has 154 valence electrons. The highest BCUT2D eigenvalue weighted by Crippen LogP contribution is 2.20. The van der Waals surface area contributed by atoms with Crippen LogP contribution in [0.15, 0.2) is 24.3 Å². The monoisotopic (exact) mass is 389 g/mol. The summed E-state index contributed by atoms with van der Waals surface area (Å²) in [5.41, 5.74) is 1.77. The molecule has 28 heavy (non-hydrogen) atoms. The molecule has 1 fully saturated rings. The number of amides is 2. The van der Waals surface area contributed by atoms with Gasteiger partial charge in [-0.1, -0.05) is 12.1 Å². The summed E-state index contributed by atoms with van der Waals surface area (Å²) in [6, 6.07) is 7.19. The molecule has 1 atom stereocenters. The van der Waals surface area contributed by atoms with Gasteiger partial charge < -0.3 is 19.9 Å². The predicted molar refractivity (Wildman–Crippen MR) is 108 cm³/mol. The number of piperidine rings is 1. The maximum absolute atomic E-state index is 12.7. The summed E-state index contributed by atoms with van der Waals surface area (Å²) in [6.45, 7) is 5.17. The number of nitrogens with zero attached hydrogens (tertiary/aromatic N) is 2. The number of hydrogen-bond acceptors (Lipinski definition) is 5. The van der Waals surface area contributed by atoms with E-state index in [1.165, 1.54) is 0 Å². The van der Waals surface area contributed by atoms with E-state index in [2.05, 4.69) is 5.32 Å². The van der Waals surface area contributed by atoms with Gasteiger partial charge in [-0.25, -0.2) is 0 Å². The number of rotatable bonds is 7. The summed E-state index contributed by atoms with van der Waals surface area (Å²) in [5.74, 6) is -0.192. The van der Waals surface area contributed by atoms with Gasteiger partial charge in [0.15, 0.2) is 0 Å². The maximum Gasteiger partial charge on any atom is 0.309 e. The molecule has 0 aliphatic carbocycles. The molecule has 2 amide bonds. The van der Waals surface area contributed by atoms with Gasteiger partial charge in [-0.05, 0) is 44.4 Å². The average Bonchev–Trinajstić information content (AvgIpc) is 2.69. The van der Waals surface area contributed by atoms with Crippen LogP contribution in [0.5, 0.6) is 0 Å². The number of nitrogens with one attached hydrogen (secondary N) is 1. The van der Waals surface area contributed by atoms with Crippen molar-refractivity contribution < 1.29 is 19.1 Å². The maximum atomic E-state index is 12.7. The first-order valence-electron chi connectivity index (χ1n) is 9.82. The molecule has 1 saturated heterocycles. The second-order valence-corrected chi connectivity index (χ2v) is 7.38. The fourth-order valence-electron chi connectivity index (χ4n) is 3.23. The van der Waals surface area contributed by atoms with E-state index < -0.39 is 0 Å². The molecule has 0 aromatic heterocycles. The van der Waals surface area contributed by atoms with E-state index >= 15 is 0 Å². The van der Waals surface area contributed by atoms with Crippen LogP contribution in [0.4, 0.5) is 5.69 Å². The summed E-state index contributed by atoms with van der Waals surface area (Å²) in [5, 5.41) is 3.22. The highest BCUT2D eigenvalue weighted by atomic mass is 16.5. The third-order valence-corrected chi connectivity index (χ3v) is 4.99. The van der Waals surface area contributed by atoms with Crippen molar-refractivity contribution >= 4 is 23.5 Å². The van der Waals surface area contributed by atoms with E-state index in [1.54, 1.807) is 30.8 Å². The van der Waals surface area contributed by atoms with E-state index in [4.69, 9.17) is 4.74 Å². The van der Waals surface area contributed by atoms with Gasteiger partial charge in [0.25, 0.3) is 0 Å². The van der Waals surface area contributed by atoms with Gasteiger partial charge in [-0.3, -0.25) is 14.4 Å². The van der Waals surface area contributed by atoms with Gasteiger partial charge in [-0.2, -0.15) is 0 Å². The molecule has 0 radical (unpaired) electrons. The summed E-state index contributed by atoms with van der Waals surface area (Å²) >= 11 is 0. The lowest BCUT2D eigenvalue weighted by Crippen LogP contribution is -2.46. The highest BCUT2D eigenvalue weighted by molar-refractivity contribution is 5.85. The summed E-state index contributed by atoms with van der Waals surface area (Å²) in [6.07, 6.45) is 1.65. The van der Waals surface area contributed by atoms with Crippen LogP contribution >= 0.6 is 0 Å². The topological polar surface area (TPSA) is 79.0 Å². The van der Waals surface area contributed by atoms with E-state index in [9.17, 15) is 14.4 Å². The van der Waals surface area contributed by atoms with Crippen LogP contribution in [0.25, 0.3) is 0 Å². The minimum absolute atomic E-state index is 0.0224. The molecule has 0 saturated carbocycles. The lowest BCUT2D eigenvalue weighted by molar-refractivity contribution is -0.151. The van der Waals surface area contributed by atoms with E-state index in [0.29, 0.717) is 39.0 Å². The van der Waals surface area contributed by atoms with Gasteiger partial charge in [0.05, 0.1) is 18.9 Å². The number of anilines is 1. The van der Waals surface area contributed by atoms with Crippen LogP contribution in [-0.4, -0.2) is 67.4 Å². The van der Waals surface area contributed by atoms with Crippen molar-refractivity contribution in [1.82, 2.24) is 9.80 Å². The Kier molecular flexibility index (Phi) is 7.84. The van der Waals surface area contributed by atoms with Crippen LogP contribution in [0.3, 0.4) is 0 Å². The van der Waals surface area contributed by atoms with Gasteiger partial charge in [0.2, 0.25) is 11.8 Å². The standard InChI is InChI=1S/C21H31N3O4/c1-5-28-21(27)17-10-12-24(13-11-17)20(26)15(2)22-18-8-6-16(7-9-18)14-19(25)23(3)4/h6-9,15,17,22H,5,10-14H2,1-4H3. The lowest BCUT2D eigenvalue weighted by Gasteiger charge is -2.33. The first kappa shape index (κ1) is 21.7. The molecule has 7 nitrogen and oxygen atoms in total. The quantitative estimate of drug-likeness (QED) is 0.721.